The Morgan fingerprint density at radius 2 is 2.04 bits per heavy atom. The SMILES string of the molecule is Cc1cc2c(F)c(Nc3ccnc(Cc4ccccc4C#N)n3)ccc2[nH]1. The number of rotatable bonds is 4. The number of nitrogens with one attached hydrogen (secondary N) is 2. The molecule has 132 valence electrons. The molecule has 0 bridgehead atoms. The van der Waals surface area contributed by atoms with E-state index in [0.717, 1.165) is 16.8 Å². The van der Waals surface area contributed by atoms with Crippen molar-refractivity contribution >= 4 is 22.4 Å². The van der Waals surface area contributed by atoms with E-state index in [0.29, 0.717) is 34.7 Å². The zero-order valence-corrected chi connectivity index (χ0v) is 14.6. The van der Waals surface area contributed by atoms with Crippen molar-refractivity contribution in [3.63, 3.8) is 0 Å². The van der Waals surface area contributed by atoms with Gasteiger partial charge < -0.3 is 10.3 Å². The number of benzene rings is 2. The van der Waals surface area contributed by atoms with Crippen LogP contribution in [0.1, 0.15) is 22.6 Å². The van der Waals surface area contributed by atoms with Gasteiger partial charge in [-0.15, -0.1) is 0 Å². The average Bonchev–Trinajstić information content (AvgIpc) is 3.06. The van der Waals surface area contributed by atoms with Gasteiger partial charge in [0.1, 0.15) is 11.6 Å². The monoisotopic (exact) mass is 357 g/mol. The minimum absolute atomic E-state index is 0.327. The topological polar surface area (TPSA) is 77.4 Å². The molecule has 4 rings (SSSR count). The van der Waals surface area contributed by atoms with E-state index in [4.69, 9.17) is 0 Å². The van der Waals surface area contributed by atoms with Gasteiger partial charge in [-0.3, -0.25) is 0 Å². The normalized spacial score (nSPS) is 10.7. The number of halogens is 1. The molecule has 0 atom stereocenters. The van der Waals surface area contributed by atoms with E-state index < -0.39 is 0 Å². The maximum Gasteiger partial charge on any atom is 0.156 e. The molecule has 2 aromatic heterocycles. The van der Waals surface area contributed by atoms with Crippen molar-refractivity contribution < 1.29 is 4.39 Å². The molecular weight excluding hydrogens is 341 g/mol. The molecule has 0 spiro atoms. The summed E-state index contributed by atoms with van der Waals surface area (Å²) in [4.78, 5) is 11.8. The van der Waals surface area contributed by atoms with Crippen LogP contribution < -0.4 is 5.32 Å². The predicted octanol–water partition coefficient (Wildman–Crippen LogP) is 4.61. The van der Waals surface area contributed by atoms with E-state index in [1.807, 2.05) is 31.2 Å². The smallest absolute Gasteiger partial charge is 0.156 e. The summed E-state index contributed by atoms with van der Waals surface area (Å²) in [6.45, 7) is 1.89. The summed E-state index contributed by atoms with van der Waals surface area (Å²) in [6, 6.07) is 16.5. The summed E-state index contributed by atoms with van der Waals surface area (Å²) in [6.07, 6.45) is 2.05. The summed E-state index contributed by atoms with van der Waals surface area (Å²) < 4.78 is 14.8. The second-order valence-corrected chi connectivity index (χ2v) is 6.27. The Labute approximate surface area is 155 Å². The first-order valence-corrected chi connectivity index (χ1v) is 8.49. The number of anilines is 2. The van der Waals surface area contributed by atoms with Gasteiger partial charge >= 0.3 is 0 Å². The molecule has 0 saturated heterocycles. The molecule has 0 unspecified atom stereocenters. The zero-order chi connectivity index (χ0) is 18.8. The molecule has 0 fully saturated rings. The quantitative estimate of drug-likeness (QED) is 0.559. The third-order valence-electron chi connectivity index (χ3n) is 4.33. The molecule has 0 aliphatic heterocycles. The van der Waals surface area contributed by atoms with Crippen LogP contribution in [0.15, 0.2) is 54.7 Å². The first-order chi connectivity index (χ1) is 13.1. The first kappa shape index (κ1) is 16.7. The molecule has 0 radical (unpaired) electrons. The van der Waals surface area contributed by atoms with Crippen LogP contribution in [0.4, 0.5) is 15.9 Å². The molecule has 0 aliphatic rings. The number of hydrogen-bond acceptors (Lipinski definition) is 4. The Morgan fingerprint density at radius 3 is 2.89 bits per heavy atom. The van der Waals surface area contributed by atoms with Gasteiger partial charge in [-0.05, 0) is 42.8 Å². The second-order valence-electron chi connectivity index (χ2n) is 6.27. The molecule has 2 heterocycles. The summed E-state index contributed by atoms with van der Waals surface area (Å²) in [5.74, 6) is 0.730. The number of aryl methyl sites for hydroxylation is 1. The number of nitrogens with zero attached hydrogens (tertiary/aromatic N) is 3. The van der Waals surface area contributed by atoms with E-state index in [-0.39, 0.29) is 5.82 Å². The molecule has 2 N–H and O–H groups in total. The molecule has 5 nitrogen and oxygen atoms in total. The molecule has 0 amide bonds. The molecule has 4 aromatic rings. The number of H-pyrrole nitrogens is 1. The lowest BCUT2D eigenvalue weighted by Crippen LogP contribution is -2.02. The highest BCUT2D eigenvalue weighted by Crippen LogP contribution is 2.27. The Morgan fingerprint density at radius 1 is 1.19 bits per heavy atom. The van der Waals surface area contributed by atoms with Crippen LogP contribution >= 0.6 is 0 Å². The maximum atomic E-state index is 14.8. The van der Waals surface area contributed by atoms with E-state index in [1.165, 1.54) is 0 Å². The lowest BCUT2D eigenvalue weighted by Gasteiger charge is -2.09. The van der Waals surface area contributed by atoms with Crippen LogP contribution in [0.3, 0.4) is 0 Å². The molecule has 27 heavy (non-hydrogen) atoms. The van der Waals surface area contributed by atoms with Crippen molar-refractivity contribution in [3.05, 3.63) is 83.2 Å². The largest absolute Gasteiger partial charge is 0.359 e. The third-order valence-corrected chi connectivity index (χ3v) is 4.33. The summed E-state index contributed by atoms with van der Waals surface area (Å²) >= 11 is 0. The van der Waals surface area contributed by atoms with Gasteiger partial charge in [-0.25, -0.2) is 14.4 Å². The number of fused-ring (bicyclic) bond motifs is 1. The van der Waals surface area contributed by atoms with Crippen LogP contribution in [0.25, 0.3) is 10.9 Å². The van der Waals surface area contributed by atoms with Crippen LogP contribution in [0, 0.1) is 24.1 Å². The van der Waals surface area contributed by atoms with Crippen molar-refractivity contribution in [2.75, 3.05) is 5.32 Å². The van der Waals surface area contributed by atoms with Gasteiger partial charge in [0.15, 0.2) is 5.82 Å². The van der Waals surface area contributed by atoms with Gasteiger partial charge in [-0.1, -0.05) is 18.2 Å². The molecule has 0 saturated carbocycles. The Kier molecular flexibility index (Phi) is 4.27. The van der Waals surface area contributed by atoms with Gasteiger partial charge in [0.25, 0.3) is 0 Å². The predicted molar refractivity (Wildman–Crippen MR) is 102 cm³/mol. The van der Waals surface area contributed by atoms with Gasteiger partial charge in [-0.2, -0.15) is 5.26 Å². The summed E-state index contributed by atoms with van der Waals surface area (Å²) in [7, 11) is 0. The molecule has 0 aliphatic carbocycles. The van der Waals surface area contributed by atoms with Crippen molar-refractivity contribution in [3.8, 4) is 6.07 Å². The standard InChI is InChI=1S/C21H16FN5/c1-13-10-16-17(25-13)6-7-18(21(16)22)26-19-8-9-24-20(27-19)11-14-4-2-3-5-15(14)12-23/h2-10,25H,11H2,1H3,(H,24,26,27). The minimum Gasteiger partial charge on any atom is -0.359 e. The summed E-state index contributed by atoms with van der Waals surface area (Å²) in [5, 5.41) is 12.8. The van der Waals surface area contributed by atoms with Gasteiger partial charge in [0, 0.05) is 29.2 Å². The number of nitriles is 1. The van der Waals surface area contributed by atoms with E-state index in [9.17, 15) is 9.65 Å². The number of aromatic amines is 1. The van der Waals surface area contributed by atoms with Gasteiger partial charge in [0.05, 0.1) is 17.3 Å². The maximum absolute atomic E-state index is 14.8. The molecule has 6 heteroatoms. The Bertz CT molecular complexity index is 1170. The Hall–Kier alpha value is -3.72. The van der Waals surface area contributed by atoms with Crippen molar-refractivity contribution in [2.45, 2.75) is 13.3 Å². The van der Waals surface area contributed by atoms with Crippen LogP contribution in [-0.2, 0) is 6.42 Å². The van der Waals surface area contributed by atoms with Gasteiger partial charge in [0.2, 0.25) is 0 Å². The Balaban J connectivity index is 1.62. The van der Waals surface area contributed by atoms with E-state index in [2.05, 4.69) is 26.3 Å². The van der Waals surface area contributed by atoms with Crippen LogP contribution in [0.5, 0.6) is 0 Å². The third kappa shape index (κ3) is 3.35. The van der Waals surface area contributed by atoms with E-state index in [1.54, 1.807) is 30.5 Å². The average molecular weight is 357 g/mol. The zero-order valence-electron chi connectivity index (χ0n) is 14.6. The lowest BCUT2D eigenvalue weighted by molar-refractivity contribution is 0.643. The lowest BCUT2D eigenvalue weighted by atomic mass is 10.1. The second kappa shape index (κ2) is 6.89. The number of aromatic nitrogens is 3. The highest BCUT2D eigenvalue weighted by Gasteiger charge is 2.11. The van der Waals surface area contributed by atoms with Crippen LogP contribution in [-0.4, -0.2) is 15.0 Å². The fraction of sp³-hybridized carbons (Fsp3) is 0.0952. The highest BCUT2D eigenvalue weighted by atomic mass is 19.1. The fourth-order valence-electron chi connectivity index (χ4n) is 3.05. The molecule has 2 aromatic carbocycles. The molecular formula is C21H16FN5. The van der Waals surface area contributed by atoms with Crippen molar-refractivity contribution in [1.29, 1.82) is 5.26 Å². The van der Waals surface area contributed by atoms with Crippen molar-refractivity contribution in [1.82, 2.24) is 15.0 Å². The fourth-order valence-corrected chi connectivity index (χ4v) is 3.05. The summed E-state index contributed by atoms with van der Waals surface area (Å²) in [5.41, 5.74) is 3.46. The highest BCUT2D eigenvalue weighted by molar-refractivity contribution is 5.85. The van der Waals surface area contributed by atoms with Crippen molar-refractivity contribution in [2.24, 2.45) is 0 Å². The van der Waals surface area contributed by atoms with E-state index >= 15 is 0 Å². The minimum atomic E-state index is -0.327. The first-order valence-electron chi connectivity index (χ1n) is 8.49. The van der Waals surface area contributed by atoms with Crippen LogP contribution in [0.2, 0.25) is 0 Å². The number of hydrogen-bond donors (Lipinski definition) is 2.